The van der Waals surface area contributed by atoms with E-state index in [-0.39, 0.29) is 0 Å². The fourth-order valence-electron chi connectivity index (χ4n) is 4.00. The summed E-state index contributed by atoms with van der Waals surface area (Å²) in [6.07, 6.45) is 4.59. The summed E-state index contributed by atoms with van der Waals surface area (Å²) < 4.78 is 0. The largest absolute Gasteiger partial charge is 0.127 e. The lowest BCUT2D eigenvalue weighted by atomic mass is 10.0. The highest BCUT2D eigenvalue weighted by molar-refractivity contribution is 6.96. The summed E-state index contributed by atoms with van der Waals surface area (Å²) in [4.78, 5) is 0. The van der Waals surface area contributed by atoms with E-state index in [0.717, 1.165) is 0 Å². The van der Waals surface area contributed by atoms with Gasteiger partial charge in [0.05, 0.1) is 0 Å². The van der Waals surface area contributed by atoms with E-state index in [0.29, 0.717) is 0 Å². The van der Waals surface area contributed by atoms with Gasteiger partial charge in [0.1, 0.15) is 8.80 Å². The van der Waals surface area contributed by atoms with Gasteiger partial charge in [-0.25, -0.2) is 0 Å². The SMILES string of the molecule is C1=C[SiH](c2cccc3ccccc23)C(c2cccc3ccccc23)=C1. The molecule has 1 aliphatic rings. The monoisotopic (exact) mass is 334 g/mol. The molecule has 0 fully saturated rings. The minimum atomic E-state index is -1.36. The first kappa shape index (κ1) is 14.4. The summed E-state index contributed by atoms with van der Waals surface area (Å²) in [6, 6.07) is 30.9. The molecule has 118 valence electrons. The van der Waals surface area contributed by atoms with Gasteiger partial charge in [-0.3, -0.25) is 0 Å². The van der Waals surface area contributed by atoms with Crippen LogP contribution in [0.15, 0.2) is 103 Å². The Kier molecular flexibility index (Phi) is 3.39. The molecule has 4 aromatic carbocycles. The summed E-state index contributed by atoms with van der Waals surface area (Å²) in [5.41, 5.74) is 3.85. The first-order valence-corrected chi connectivity index (χ1v) is 10.6. The second-order valence-corrected chi connectivity index (χ2v) is 9.16. The molecular formula is C24H18Si. The quantitative estimate of drug-likeness (QED) is 0.444. The van der Waals surface area contributed by atoms with E-state index < -0.39 is 8.80 Å². The second-order valence-electron chi connectivity index (χ2n) is 6.58. The Balaban J connectivity index is 1.70. The van der Waals surface area contributed by atoms with Crippen molar-refractivity contribution in [2.45, 2.75) is 0 Å². The van der Waals surface area contributed by atoms with Crippen molar-refractivity contribution < 1.29 is 0 Å². The molecule has 25 heavy (non-hydrogen) atoms. The summed E-state index contributed by atoms with van der Waals surface area (Å²) >= 11 is 0. The van der Waals surface area contributed by atoms with Crippen molar-refractivity contribution in [3.05, 3.63) is 108 Å². The zero-order valence-corrected chi connectivity index (χ0v) is 15.0. The molecule has 0 nitrogen and oxygen atoms in total. The number of fused-ring (bicyclic) bond motifs is 2. The Bertz CT molecular complexity index is 1140. The van der Waals surface area contributed by atoms with Crippen molar-refractivity contribution >= 4 is 40.7 Å². The van der Waals surface area contributed by atoms with Crippen LogP contribution >= 0.6 is 0 Å². The summed E-state index contributed by atoms with van der Waals surface area (Å²) in [7, 11) is -1.36. The van der Waals surface area contributed by atoms with Crippen LogP contribution in [0.3, 0.4) is 0 Å². The summed E-state index contributed by atoms with van der Waals surface area (Å²) in [6.45, 7) is 0. The molecule has 1 atom stereocenters. The van der Waals surface area contributed by atoms with E-state index in [1.807, 2.05) is 0 Å². The molecule has 0 aliphatic carbocycles. The van der Waals surface area contributed by atoms with Crippen LogP contribution < -0.4 is 5.19 Å². The fourth-order valence-corrected chi connectivity index (χ4v) is 6.91. The first-order valence-electron chi connectivity index (χ1n) is 8.76. The highest BCUT2D eigenvalue weighted by atomic mass is 28.3. The Morgan fingerprint density at radius 2 is 1.20 bits per heavy atom. The Morgan fingerprint density at radius 3 is 2.04 bits per heavy atom. The number of hydrogen-bond donors (Lipinski definition) is 0. The molecule has 1 aliphatic heterocycles. The van der Waals surface area contributed by atoms with Crippen LogP contribution in [0.1, 0.15) is 5.56 Å². The van der Waals surface area contributed by atoms with Crippen molar-refractivity contribution in [3.63, 3.8) is 0 Å². The molecule has 5 rings (SSSR count). The molecule has 1 unspecified atom stereocenters. The van der Waals surface area contributed by atoms with Gasteiger partial charge >= 0.3 is 0 Å². The van der Waals surface area contributed by atoms with Gasteiger partial charge < -0.3 is 0 Å². The van der Waals surface area contributed by atoms with Crippen molar-refractivity contribution in [3.8, 4) is 0 Å². The van der Waals surface area contributed by atoms with Crippen molar-refractivity contribution in [1.82, 2.24) is 0 Å². The molecular weight excluding hydrogens is 316 g/mol. The molecule has 0 saturated heterocycles. The zero-order chi connectivity index (χ0) is 16.6. The predicted molar refractivity (Wildman–Crippen MR) is 112 cm³/mol. The second kappa shape index (κ2) is 5.87. The van der Waals surface area contributed by atoms with Crippen LogP contribution in [-0.2, 0) is 0 Å². The summed E-state index contributed by atoms with van der Waals surface area (Å²) in [5, 5.41) is 8.46. The van der Waals surface area contributed by atoms with E-state index >= 15 is 0 Å². The lowest BCUT2D eigenvalue weighted by molar-refractivity contribution is 1.70. The van der Waals surface area contributed by atoms with E-state index in [4.69, 9.17) is 0 Å². The molecule has 0 radical (unpaired) electrons. The van der Waals surface area contributed by atoms with E-state index in [9.17, 15) is 0 Å². The average molecular weight is 334 g/mol. The van der Waals surface area contributed by atoms with Crippen molar-refractivity contribution in [2.24, 2.45) is 0 Å². The number of benzene rings is 4. The van der Waals surface area contributed by atoms with E-state index in [1.54, 1.807) is 0 Å². The molecule has 0 aromatic heterocycles. The fraction of sp³-hybridized carbons (Fsp3) is 0. The van der Waals surface area contributed by atoms with Gasteiger partial charge in [-0.2, -0.15) is 0 Å². The van der Waals surface area contributed by atoms with Crippen LogP contribution in [0.25, 0.3) is 26.7 Å². The maximum atomic E-state index is 2.46. The van der Waals surface area contributed by atoms with Crippen LogP contribution in [0.4, 0.5) is 0 Å². The van der Waals surface area contributed by atoms with Crippen molar-refractivity contribution in [1.29, 1.82) is 0 Å². The molecule has 0 N–H and O–H groups in total. The first-order chi connectivity index (χ1) is 12.4. The normalized spacial score (nSPS) is 16.5. The number of allylic oxidation sites excluding steroid dienone is 2. The van der Waals surface area contributed by atoms with Gasteiger partial charge in [-0.05, 0) is 37.5 Å². The van der Waals surface area contributed by atoms with Gasteiger partial charge in [-0.1, -0.05) is 103 Å². The maximum Gasteiger partial charge on any atom is 0.127 e. The third-order valence-electron chi connectivity index (χ3n) is 5.17. The lowest BCUT2D eigenvalue weighted by Crippen LogP contribution is -2.29. The standard InChI is InChI=1S/C24H18Si/c1-3-12-20-18(8-1)10-5-14-22(20)24-16-7-17-25(24)23-15-6-11-19-9-2-4-13-21(19)23/h1-17,25H. The maximum absolute atomic E-state index is 2.46. The van der Waals surface area contributed by atoms with E-state index in [2.05, 4.69) is 103 Å². The molecule has 0 bridgehead atoms. The highest BCUT2D eigenvalue weighted by Crippen LogP contribution is 2.30. The van der Waals surface area contributed by atoms with Gasteiger partial charge in [0.15, 0.2) is 0 Å². The third-order valence-corrected chi connectivity index (χ3v) is 8.13. The zero-order valence-electron chi connectivity index (χ0n) is 13.9. The van der Waals surface area contributed by atoms with Crippen LogP contribution in [0, 0.1) is 0 Å². The van der Waals surface area contributed by atoms with E-state index in [1.165, 1.54) is 37.5 Å². The van der Waals surface area contributed by atoms with Gasteiger partial charge in [0.2, 0.25) is 0 Å². The van der Waals surface area contributed by atoms with Gasteiger partial charge in [-0.15, -0.1) is 0 Å². The van der Waals surface area contributed by atoms with Crippen molar-refractivity contribution in [2.75, 3.05) is 0 Å². The predicted octanol–water partition coefficient (Wildman–Crippen LogP) is 5.16. The van der Waals surface area contributed by atoms with Crippen LogP contribution in [0.5, 0.6) is 0 Å². The smallest absolute Gasteiger partial charge is 0.0888 e. The number of rotatable bonds is 2. The van der Waals surface area contributed by atoms with Crippen LogP contribution in [0.2, 0.25) is 0 Å². The van der Waals surface area contributed by atoms with Gasteiger partial charge in [0.25, 0.3) is 0 Å². The molecule has 0 saturated carbocycles. The highest BCUT2D eigenvalue weighted by Gasteiger charge is 2.23. The van der Waals surface area contributed by atoms with Crippen LogP contribution in [-0.4, -0.2) is 8.80 Å². The topological polar surface area (TPSA) is 0 Å². The molecule has 0 spiro atoms. The Morgan fingerprint density at radius 1 is 0.560 bits per heavy atom. The summed E-state index contributed by atoms with van der Waals surface area (Å²) in [5.74, 6) is 0. The molecule has 1 heterocycles. The Hall–Kier alpha value is -2.90. The molecule has 0 amide bonds. The average Bonchev–Trinajstić information content (AvgIpc) is 3.16. The number of hydrogen-bond acceptors (Lipinski definition) is 0. The Labute approximate surface area is 149 Å². The molecule has 1 heteroatoms. The van der Waals surface area contributed by atoms with Gasteiger partial charge in [0, 0.05) is 0 Å². The molecule has 4 aromatic rings. The minimum absolute atomic E-state index is 1.32. The third kappa shape index (κ3) is 2.36. The minimum Gasteiger partial charge on any atom is -0.0888 e. The lowest BCUT2D eigenvalue weighted by Gasteiger charge is -2.17.